The molecule has 3 heteroatoms. The molecule has 1 heterocycles. The zero-order valence-corrected chi connectivity index (χ0v) is 31.3. The van der Waals surface area contributed by atoms with Gasteiger partial charge >= 0.3 is 0 Å². The molecule has 0 aliphatic heterocycles. The lowest BCUT2D eigenvalue weighted by Crippen LogP contribution is -2.10. The highest BCUT2D eigenvalue weighted by atomic mass is 15.0. The van der Waals surface area contributed by atoms with Crippen LogP contribution in [0.1, 0.15) is 36.1 Å². The highest BCUT2D eigenvalue weighted by Gasteiger charge is 2.29. The van der Waals surface area contributed by atoms with Crippen molar-refractivity contribution in [2.45, 2.75) is 19.3 Å². The molecule has 0 radical (unpaired) electrons. The minimum absolute atomic E-state index is 0.377. The second-order valence-corrected chi connectivity index (χ2v) is 14.7. The van der Waals surface area contributed by atoms with Crippen LogP contribution in [-0.4, -0.2) is 4.57 Å². The van der Waals surface area contributed by atoms with E-state index in [1.165, 1.54) is 66.4 Å². The van der Waals surface area contributed by atoms with Gasteiger partial charge in [-0.1, -0.05) is 146 Å². The Balaban J connectivity index is 1.15. The number of fused-ring (bicyclic) bond motifs is 4. The fourth-order valence-corrected chi connectivity index (χ4v) is 8.54. The minimum Gasteiger partial charge on any atom is -0.355 e. The number of rotatable bonds is 8. The summed E-state index contributed by atoms with van der Waals surface area (Å²) in [7, 11) is 0. The van der Waals surface area contributed by atoms with E-state index in [1.807, 2.05) is 6.07 Å². The molecule has 8 aromatic carbocycles. The Hall–Kier alpha value is -7.10. The van der Waals surface area contributed by atoms with Gasteiger partial charge < -0.3 is 15.2 Å². The summed E-state index contributed by atoms with van der Waals surface area (Å²) in [6.45, 7) is 2.37. The Morgan fingerprint density at radius 1 is 0.482 bits per heavy atom. The summed E-state index contributed by atoms with van der Waals surface area (Å²) in [5.74, 6) is 0.377. The van der Waals surface area contributed by atoms with Crippen molar-refractivity contribution in [3.63, 3.8) is 0 Å². The molecule has 1 aliphatic rings. The van der Waals surface area contributed by atoms with Gasteiger partial charge in [0, 0.05) is 55.9 Å². The molecule has 56 heavy (non-hydrogen) atoms. The molecule has 0 amide bonds. The molecule has 0 saturated carbocycles. The van der Waals surface area contributed by atoms with E-state index in [2.05, 4.69) is 216 Å². The van der Waals surface area contributed by atoms with Gasteiger partial charge in [0.15, 0.2) is 0 Å². The standard InChI is InChI=1S/C53H41N3/c1-36-30-32-45(53-52(36)46-26-11-13-29-51(46)56(53)42-22-6-3-7-23-42)47-35-39(31-33-50(47)55-49-28-15-17-37-16-8-9-24-43(37)49)38-18-14-19-40(34-38)44-25-10-12-27-48(44)54-41-20-4-2-5-21-41/h2-29,31-36,54-55H,30H2,1H3. The monoisotopic (exact) mass is 719 g/mol. The van der Waals surface area contributed by atoms with Crippen LogP contribution in [0.25, 0.3) is 55.2 Å². The number of anilines is 4. The van der Waals surface area contributed by atoms with Gasteiger partial charge in [0.05, 0.1) is 11.2 Å². The predicted molar refractivity (Wildman–Crippen MR) is 238 cm³/mol. The summed E-state index contributed by atoms with van der Waals surface area (Å²) in [6.07, 6.45) is 3.43. The van der Waals surface area contributed by atoms with E-state index in [1.54, 1.807) is 0 Å². The Morgan fingerprint density at radius 3 is 2.00 bits per heavy atom. The van der Waals surface area contributed by atoms with Gasteiger partial charge in [0.1, 0.15) is 0 Å². The molecule has 9 aromatic rings. The number of para-hydroxylation sites is 4. The predicted octanol–water partition coefficient (Wildman–Crippen LogP) is 14.5. The van der Waals surface area contributed by atoms with Gasteiger partial charge in [-0.3, -0.25) is 0 Å². The SMILES string of the molecule is CC1CC=C(c2cc(-c3cccc(-c4ccccc4Nc4ccccc4)c3)ccc2Nc2cccc3ccccc23)c2c1c1ccccc1n2-c1ccccc1. The maximum Gasteiger partial charge on any atom is 0.0579 e. The van der Waals surface area contributed by atoms with E-state index >= 15 is 0 Å². The molecular weight excluding hydrogens is 679 g/mol. The molecule has 1 unspecified atom stereocenters. The van der Waals surface area contributed by atoms with Gasteiger partial charge in [0.25, 0.3) is 0 Å². The Morgan fingerprint density at radius 2 is 1.12 bits per heavy atom. The van der Waals surface area contributed by atoms with Crippen LogP contribution in [0, 0.1) is 0 Å². The third-order valence-electron chi connectivity index (χ3n) is 11.2. The van der Waals surface area contributed by atoms with Crippen molar-refractivity contribution in [3.8, 4) is 27.9 Å². The van der Waals surface area contributed by atoms with Gasteiger partial charge in [-0.2, -0.15) is 0 Å². The first kappa shape index (κ1) is 33.5. The van der Waals surface area contributed by atoms with E-state index < -0.39 is 0 Å². The molecule has 1 aliphatic carbocycles. The fraction of sp³-hybridized carbons (Fsp3) is 0.0566. The van der Waals surface area contributed by atoms with Crippen molar-refractivity contribution >= 4 is 50.0 Å². The zero-order chi connectivity index (χ0) is 37.4. The van der Waals surface area contributed by atoms with E-state index in [-0.39, 0.29) is 0 Å². The second-order valence-electron chi connectivity index (χ2n) is 14.7. The number of nitrogens with zero attached hydrogens (tertiary/aromatic N) is 1. The molecule has 3 nitrogen and oxygen atoms in total. The number of hydrogen-bond donors (Lipinski definition) is 2. The zero-order valence-electron chi connectivity index (χ0n) is 31.3. The summed E-state index contributed by atoms with van der Waals surface area (Å²) in [6, 6.07) is 69.7. The lowest BCUT2D eigenvalue weighted by Gasteiger charge is -2.25. The maximum absolute atomic E-state index is 3.94. The molecule has 268 valence electrons. The lowest BCUT2D eigenvalue weighted by atomic mass is 9.83. The Labute approximate surface area is 328 Å². The first-order chi connectivity index (χ1) is 27.7. The third kappa shape index (κ3) is 6.04. The Kier molecular flexibility index (Phi) is 8.53. The van der Waals surface area contributed by atoms with E-state index in [0.29, 0.717) is 5.92 Å². The molecule has 10 rings (SSSR count). The van der Waals surface area contributed by atoms with Crippen molar-refractivity contribution in [3.05, 3.63) is 217 Å². The van der Waals surface area contributed by atoms with Gasteiger partial charge in [-0.25, -0.2) is 0 Å². The summed E-state index contributed by atoms with van der Waals surface area (Å²) in [5, 5.41) is 11.3. The summed E-state index contributed by atoms with van der Waals surface area (Å²) >= 11 is 0. The first-order valence-corrected chi connectivity index (χ1v) is 19.5. The smallest absolute Gasteiger partial charge is 0.0579 e. The average molecular weight is 720 g/mol. The molecule has 0 spiro atoms. The van der Waals surface area contributed by atoms with Crippen LogP contribution in [0.5, 0.6) is 0 Å². The van der Waals surface area contributed by atoms with Crippen LogP contribution in [-0.2, 0) is 0 Å². The molecule has 0 bridgehead atoms. The summed E-state index contributed by atoms with van der Waals surface area (Å²) in [4.78, 5) is 0. The maximum atomic E-state index is 3.94. The highest BCUT2D eigenvalue weighted by Crippen LogP contribution is 2.47. The van der Waals surface area contributed by atoms with Crippen molar-refractivity contribution in [1.82, 2.24) is 4.57 Å². The molecule has 2 N–H and O–H groups in total. The van der Waals surface area contributed by atoms with Gasteiger partial charge in [-0.15, -0.1) is 0 Å². The van der Waals surface area contributed by atoms with Crippen molar-refractivity contribution in [2.75, 3.05) is 10.6 Å². The number of aromatic nitrogens is 1. The van der Waals surface area contributed by atoms with Gasteiger partial charge in [0.2, 0.25) is 0 Å². The van der Waals surface area contributed by atoms with Crippen LogP contribution in [0.3, 0.4) is 0 Å². The largest absolute Gasteiger partial charge is 0.355 e. The van der Waals surface area contributed by atoms with Gasteiger partial charge in [-0.05, 0) is 101 Å². The van der Waals surface area contributed by atoms with Crippen LogP contribution >= 0.6 is 0 Å². The molecular formula is C53H41N3. The molecule has 1 atom stereocenters. The Bertz CT molecular complexity index is 2900. The number of allylic oxidation sites excluding steroid dienone is 1. The summed E-state index contributed by atoms with van der Waals surface area (Å²) in [5.41, 5.74) is 16.5. The van der Waals surface area contributed by atoms with E-state index in [0.717, 1.165) is 34.7 Å². The molecule has 0 fully saturated rings. The van der Waals surface area contributed by atoms with Crippen LogP contribution < -0.4 is 10.6 Å². The third-order valence-corrected chi connectivity index (χ3v) is 11.2. The van der Waals surface area contributed by atoms with E-state index in [4.69, 9.17) is 0 Å². The van der Waals surface area contributed by atoms with Crippen LogP contribution in [0.4, 0.5) is 22.7 Å². The number of nitrogens with one attached hydrogen (secondary N) is 2. The highest BCUT2D eigenvalue weighted by molar-refractivity contribution is 6.01. The lowest BCUT2D eigenvalue weighted by molar-refractivity contribution is 0.768. The second kappa shape index (κ2) is 14.3. The fourth-order valence-electron chi connectivity index (χ4n) is 8.54. The first-order valence-electron chi connectivity index (χ1n) is 19.5. The average Bonchev–Trinajstić information content (AvgIpc) is 3.61. The van der Waals surface area contributed by atoms with E-state index in [9.17, 15) is 0 Å². The van der Waals surface area contributed by atoms with Crippen molar-refractivity contribution < 1.29 is 0 Å². The number of hydrogen-bond acceptors (Lipinski definition) is 2. The number of benzene rings is 8. The topological polar surface area (TPSA) is 29.0 Å². The quantitative estimate of drug-likeness (QED) is 0.164. The van der Waals surface area contributed by atoms with Crippen molar-refractivity contribution in [1.29, 1.82) is 0 Å². The molecule has 0 saturated heterocycles. The van der Waals surface area contributed by atoms with Crippen LogP contribution in [0.2, 0.25) is 0 Å². The minimum atomic E-state index is 0.377. The summed E-state index contributed by atoms with van der Waals surface area (Å²) < 4.78 is 2.48. The van der Waals surface area contributed by atoms with Crippen molar-refractivity contribution in [2.24, 2.45) is 0 Å². The normalized spacial score (nSPS) is 13.7. The molecule has 1 aromatic heterocycles. The van der Waals surface area contributed by atoms with Crippen LogP contribution in [0.15, 0.2) is 200 Å².